The van der Waals surface area contributed by atoms with Gasteiger partial charge in [-0.2, -0.15) is 0 Å². The van der Waals surface area contributed by atoms with Crippen molar-refractivity contribution < 1.29 is 9.53 Å². The Labute approximate surface area is 148 Å². The first kappa shape index (κ1) is 19.5. The lowest BCUT2D eigenvalue weighted by atomic mass is 9.82. The summed E-state index contributed by atoms with van der Waals surface area (Å²) < 4.78 is 5.52. The second kappa shape index (κ2) is 8.05. The predicted molar refractivity (Wildman–Crippen MR) is 98.3 cm³/mol. The number of amides is 1. The highest BCUT2D eigenvalue weighted by atomic mass is 16.6. The van der Waals surface area contributed by atoms with Crippen LogP contribution in [0.4, 0.5) is 4.79 Å². The van der Waals surface area contributed by atoms with Crippen molar-refractivity contribution in [2.45, 2.75) is 71.4 Å². The third-order valence-corrected chi connectivity index (χ3v) is 5.09. The summed E-state index contributed by atoms with van der Waals surface area (Å²) in [5.41, 5.74) is -0.164. The van der Waals surface area contributed by atoms with Crippen molar-refractivity contribution in [1.29, 1.82) is 0 Å². The summed E-state index contributed by atoms with van der Waals surface area (Å²) in [5, 5.41) is 3.66. The van der Waals surface area contributed by atoms with Gasteiger partial charge in [-0.15, -0.1) is 0 Å². The van der Waals surface area contributed by atoms with Crippen LogP contribution >= 0.6 is 0 Å². The van der Waals surface area contributed by atoms with Crippen LogP contribution in [0.3, 0.4) is 0 Å². The average Bonchev–Trinajstić information content (AvgIpc) is 2.71. The summed E-state index contributed by atoms with van der Waals surface area (Å²) in [7, 11) is 0. The van der Waals surface area contributed by atoms with Crippen molar-refractivity contribution in [3.8, 4) is 0 Å². The second-order valence-electron chi connectivity index (χ2n) is 8.91. The van der Waals surface area contributed by atoms with Gasteiger partial charge in [-0.3, -0.25) is 4.90 Å². The van der Waals surface area contributed by atoms with Gasteiger partial charge < -0.3 is 15.0 Å². The molecule has 5 heteroatoms. The van der Waals surface area contributed by atoms with Crippen molar-refractivity contribution in [1.82, 2.24) is 15.1 Å². The molecule has 0 radical (unpaired) electrons. The van der Waals surface area contributed by atoms with Crippen molar-refractivity contribution in [3.05, 3.63) is 0 Å². The minimum atomic E-state index is -0.418. The smallest absolute Gasteiger partial charge is 0.410 e. The topological polar surface area (TPSA) is 44.8 Å². The van der Waals surface area contributed by atoms with Crippen LogP contribution in [0.1, 0.15) is 60.3 Å². The Morgan fingerprint density at radius 1 is 1.17 bits per heavy atom. The second-order valence-corrected chi connectivity index (χ2v) is 8.91. The molecule has 2 aliphatic rings. The fourth-order valence-corrected chi connectivity index (χ4v) is 4.14. The number of hydrogen-bond donors (Lipinski definition) is 1. The molecule has 1 amide bonds. The molecule has 2 fully saturated rings. The van der Waals surface area contributed by atoms with Gasteiger partial charge in [-0.1, -0.05) is 20.3 Å². The number of nitrogens with zero attached hydrogens (tertiary/aromatic N) is 2. The third kappa shape index (κ3) is 5.35. The Kier molecular flexibility index (Phi) is 6.54. The van der Waals surface area contributed by atoms with Crippen LogP contribution in [0.25, 0.3) is 0 Å². The number of ether oxygens (including phenoxy) is 1. The maximum atomic E-state index is 12.3. The highest BCUT2D eigenvalue weighted by Crippen LogP contribution is 2.32. The zero-order chi connectivity index (χ0) is 17.8. The predicted octanol–water partition coefficient (Wildman–Crippen LogP) is 3.10. The normalized spacial score (nSPS) is 27.2. The molecule has 24 heavy (non-hydrogen) atoms. The molecule has 0 aromatic carbocycles. The van der Waals surface area contributed by atoms with Gasteiger partial charge in [0.25, 0.3) is 0 Å². The molecule has 5 nitrogen and oxygen atoms in total. The molecule has 0 aromatic heterocycles. The largest absolute Gasteiger partial charge is 0.444 e. The van der Waals surface area contributed by atoms with Gasteiger partial charge >= 0.3 is 6.09 Å². The monoisotopic (exact) mass is 339 g/mol. The van der Waals surface area contributed by atoms with Crippen LogP contribution in [0.2, 0.25) is 0 Å². The van der Waals surface area contributed by atoms with E-state index in [0.29, 0.717) is 5.92 Å². The first-order chi connectivity index (χ1) is 11.2. The van der Waals surface area contributed by atoms with E-state index >= 15 is 0 Å². The lowest BCUT2D eigenvalue weighted by Crippen LogP contribution is -2.61. The standard InChI is InChI=1S/C19H37N3O2/c1-16(2)14-19(8-6-7-9-20-15-19)22-12-10-21(11-13-22)17(23)24-18(3,4)5/h16,20H,6-15H2,1-5H3. The molecule has 1 atom stereocenters. The molecule has 0 aliphatic carbocycles. The highest BCUT2D eigenvalue weighted by molar-refractivity contribution is 5.68. The number of carbonyl (C=O) groups excluding carboxylic acids is 1. The van der Waals surface area contributed by atoms with Gasteiger partial charge in [0.15, 0.2) is 0 Å². The number of piperazine rings is 1. The van der Waals surface area contributed by atoms with Crippen molar-refractivity contribution in [2.75, 3.05) is 39.3 Å². The lowest BCUT2D eigenvalue weighted by molar-refractivity contribution is -0.0101. The summed E-state index contributed by atoms with van der Waals surface area (Å²) >= 11 is 0. The average molecular weight is 340 g/mol. The molecule has 1 N–H and O–H groups in total. The first-order valence-corrected chi connectivity index (χ1v) is 9.66. The summed E-state index contributed by atoms with van der Waals surface area (Å²) in [4.78, 5) is 16.8. The maximum Gasteiger partial charge on any atom is 0.410 e. The zero-order valence-electron chi connectivity index (χ0n) is 16.4. The van der Waals surface area contributed by atoms with Gasteiger partial charge in [0, 0.05) is 38.3 Å². The zero-order valence-corrected chi connectivity index (χ0v) is 16.4. The Bertz CT molecular complexity index is 401. The molecule has 0 saturated carbocycles. The van der Waals surface area contributed by atoms with Crippen molar-refractivity contribution in [2.24, 2.45) is 5.92 Å². The Hall–Kier alpha value is -0.810. The minimum absolute atomic E-state index is 0.168. The fourth-order valence-electron chi connectivity index (χ4n) is 4.14. The SMILES string of the molecule is CC(C)CC1(N2CCN(C(=O)OC(C)(C)C)CC2)CCCCNC1. The van der Waals surface area contributed by atoms with E-state index in [9.17, 15) is 4.79 Å². The first-order valence-electron chi connectivity index (χ1n) is 9.66. The van der Waals surface area contributed by atoms with Crippen LogP contribution < -0.4 is 5.32 Å². The Morgan fingerprint density at radius 3 is 2.42 bits per heavy atom. The molecular formula is C19H37N3O2. The van der Waals surface area contributed by atoms with E-state index in [2.05, 4.69) is 24.1 Å². The van der Waals surface area contributed by atoms with Gasteiger partial charge in [0.2, 0.25) is 0 Å². The van der Waals surface area contributed by atoms with Gasteiger partial charge in [0.05, 0.1) is 0 Å². The molecule has 0 spiro atoms. The lowest BCUT2D eigenvalue weighted by Gasteiger charge is -2.48. The van der Waals surface area contributed by atoms with Crippen molar-refractivity contribution >= 4 is 6.09 Å². The molecular weight excluding hydrogens is 302 g/mol. The van der Waals surface area contributed by atoms with Gasteiger partial charge in [0.1, 0.15) is 5.60 Å². The molecule has 1 unspecified atom stereocenters. The minimum Gasteiger partial charge on any atom is -0.444 e. The summed E-state index contributed by atoms with van der Waals surface area (Å²) in [6.07, 6.45) is 4.90. The Morgan fingerprint density at radius 2 is 1.83 bits per heavy atom. The number of hydrogen-bond acceptors (Lipinski definition) is 4. The molecule has 140 valence electrons. The molecule has 2 heterocycles. The fraction of sp³-hybridized carbons (Fsp3) is 0.947. The van der Waals surface area contributed by atoms with Gasteiger partial charge in [-0.25, -0.2) is 4.79 Å². The number of nitrogens with one attached hydrogen (secondary N) is 1. The van der Waals surface area contributed by atoms with Gasteiger partial charge in [-0.05, 0) is 52.5 Å². The molecule has 2 aliphatic heterocycles. The molecule has 2 rings (SSSR count). The quantitative estimate of drug-likeness (QED) is 0.858. The molecule has 0 bridgehead atoms. The van der Waals surface area contributed by atoms with Crippen LogP contribution in [0, 0.1) is 5.92 Å². The van der Waals surface area contributed by atoms with Crippen LogP contribution in [0.15, 0.2) is 0 Å². The van der Waals surface area contributed by atoms with Crippen LogP contribution in [-0.4, -0.2) is 66.3 Å². The maximum absolute atomic E-state index is 12.3. The van der Waals surface area contributed by atoms with Crippen LogP contribution in [-0.2, 0) is 4.74 Å². The van der Waals surface area contributed by atoms with E-state index < -0.39 is 5.60 Å². The molecule has 0 aromatic rings. The summed E-state index contributed by atoms with van der Waals surface area (Å²) in [5.74, 6) is 0.689. The van der Waals surface area contributed by atoms with E-state index in [1.54, 1.807) is 0 Å². The van der Waals surface area contributed by atoms with E-state index in [-0.39, 0.29) is 11.6 Å². The summed E-state index contributed by atoms with van der Waals surface area (Å²) in [6, 6.07) is 0. The third-order valence-electron chi connectivity index (χ3n) is 5.09. The highest BCUT2D eigenvalue weighted by Gasteiger charge is 2.39. The molecule has 2 saturated heterocycles. The van der Waals surface area contributed by atoms with E-state index in [0.717, 1.165) is 39.3 Å². The summed E-state index contributed by atoms with van der Waals surface area (Å²) in [6.45, 7) is 16.1. The number of rotatable bonds is 3. The van der Waals surface area contributed by atoms with Crippen LogP contribution in [0.5, 0.6) is 0 Å². The number of carbonyl (C=O) groups is 1. The van der Waals surface area contributed by atoms with Crippen molar-refractivity contribution in [3.63, 3.8) is 0 Å². The Balaban J connectivity index is 1.98. The van der Waals surface area contributed by atoms with E-state index in [4.69, 9.17) is 4.74 Å². The van der Waals surface area contributed by atoms with E-state index in [1.165, 1.54) is 25.7 Å². The van der Waals surface area contributed by atoms with E-state index in [1.807, 2.05) is 25.7 Å².